The lowest BCUT2D eigenvalue weighted by Gasteiger charge is -2.23. The molecule has 1 amide bonds. The zero-order chi connectivity index (χ0) is 14.6. The number of benzene rings is 1. The number of halogens is 1. The molecule has 0 aliphatic heterocycles. The van der Waals surface area contributed by atoms with Crippen molar-refractivity contribution in [2.75, 3.05) is 18.8 Å². The van der Waals surface area contributed by atoms with Crippen molar-refractivity contribution in [1.29, 1.82) is 0 Å². The first-order chi connectivity index (χ1) is 8.81. The molecule has 0 fully saturated rings. The number of nitrogens with two attached hydrogens (primary N) is 1. The van der Waals surface area contributed by atoms with Gasteiger partial charge in [0.15, 0.2) is 0 Å². The molecule has 0 saturated heterocycles. The summed E-state index contributed by atoms with van der Waals surface area (Å²) < 4.78 is 0.773. The molecular weight excluding hydrogens is 312 g/mol. The summed E-state index contributed by atoms with van der Waals surface area (Å²) in [5.41, 5.74) is 6.45. The fraction of sp³-hybridized carbons (Fsp3) is 0.385. The number of carboxylic acids is 1. The lowest BCUT2D eigenvalue weighted by molar-refractivity contribution is -0.137. The Morgan fingerprint density at radius 1 is 1.42 bits per heavy atom. The normalized spacial score (nSPS) is 10.5. The van der Waals surface area contributed by atoms with E-state index in [4.69, 9.17) is 10.8 Å². The van der Waals surface area contributed by atoms with E-state index in [2.05, 4.69) is 15.9 Å². The highest BCUT2D eigenvalue weighted by atomic mass is 79.9. The number of nitrogens with zero attached hydrogens (tertiary/aromatic N) is 1. The number of aliphatic carboxylic acids is 1. The van der Waals surface area contributed by atoms with Crippen LogP contribution in [-0.2, 0) is 4.79 Å². The minimum Gasteiger partial charge on any atom is -0.480 e. The molecule has 0 atom stereocenters. The maximum atomic E-state index is 12.3. The van der Waals surface area contributed by atoms with Crippen molar-refractivity contribution in [3.63, 3.8) is 0 Å². The van der Waals surface area contributed by atoms with E-state index in [1.54, 1.807) is 18.2 Å². The zero-order valence-corrected chi connectivity index (χ0v) is 12.5. The number of rotatable bonds is 5. The molecule has 1 rings (SSSR count). The number of anilines is 1. The molecule has 1 aromatic carbocycles. The number of carboxylic acid groups (broad SMARTS) is 1. The summed E-state index contributed by atoms with van der Waals surface area (Å²) >= 11 is 3.26. The third-order valence-electron chi connectivity index (χ3n) is 2.44. The lowest BCUT2D eigenvalue weighted by atomic mass is 10.1. The van der Waals surface area contributed by atoms with Crippen LogP contribution in [0.5, 0.6) is 0 Å². The van der Waals surface area contributed by atoms with Crippen molar-refractivity contribution in [2.45, 2.75) is 13.8 Å². The van der Waals surface area contributed by atoms with Gasteiger partial charge in [0.2, 0.25) is 0 Å². The van der Waals surface area contributed by atoms with Crippen molar-refractivity contribution in [1.82, 2.24) is 4.90 Å². The quantitative estimate of drug-likeness (QED) is 0.812. The van der Waals surface area contributed by atoms with Gasteiger partial charge in [-0.3, -0.25) is 9.59 Å². The summed E-state index contributed by atoms with van der Waals surface area (Å²) in [5.74, 6) is -1.22. The number of hydrogen-bond donors (Lipinski definition) is 2. The average Bonchev–Trinajstić information content (AvgIpc) is 2.26. The Hall–Kier alpha value is -1.56. The van der Waals surface area contributed by atoms with Gasteiger partial charge in [-0.1, -0.05) is 29.8 Å². The third kappa shape index (κ3) is 4.55. The Balaban J connectivity index is 3.00. The lowest BCUT2D eigenvalue weighted by Crippen LogP contribution is -2.38. The predicted molar refractivity (Wildman–Crippen MR) is 76.9 cm³/mol. The molecule has 0 saturated carbocycles. The van der Waals surface area contributed by atoms with Gasteiger partial charge >= 0.3 is 5.97 Å². The van der Waals surface area contributed by atoms with Crippen molar-refractivity contribution in [3.8, 4) is 0 Å². The van der Waals surface area contributed by atoms with E-state index in [1.165, 1.54) is 4.90 Å². The molecule has 0 aliphatic rings. The molecule has 5 nitrogen and oxygen atoms in total. The monoisotopic (exact) mass is 328 g/mol. The van der Waals surface area contributed by atoms with E-state index in [0.717, 1.165) is 4.47 Å². The van der Waals surface area contributed by atoms with Gasteiger partial charge in [-0.15, -0.1) is 0 Å². The smallest absolute Gasteiger partial charge is 0.323 e. The number of amides is 1. The van der Waals surface area contributed by atoms with Crippen LogP contribution in [0.2, 0.25) is 0 Å². The second kappa shape index (κ2) is 6.56. The maximum Gasteiger partial charge on any atom is 0.323 e. The van der Waals surface area contributed by atoms with E-state index in [-0.39, 0.29) is 18.4 Å². The number of hydrogen-bond acceptors (Lipinski definition) is 3. The summed E-state index contributed by atoms with van der Waals surface area (Å²) in [5, 5.41) is 8.87. The molecule has 0 bridgehead atoms. The van der Waals surface area contributed by atoms with Crippen LogP contribution in [0.25, 0.3) is 0 Å². The van der Waals surface area contributed by atoms with Gasteiger partial charge < -0.3 is 15.7 Å². The Morgan fingerprint density at radius 2 is 2.05 bits per heavy atom. The van der Waals surface area contributed by atoms with E-state index < -0.39 is 5.97 Å². The predicted octanol–water partition coefficient (Wildman–Crippen LogP) is 2.21. The van der Waals surface area contributed by atoms with Crippen molar-refractivity contribution in [3.05, 3.63) is 28.2 Å². The Kier molecular flexibility index (Phi) is 5.35. The summed E-state index contributed by atoms with van der Waals surface area (Å²) in [7, 11) is 0. The highest BCUT2D eigenvalue weighted by Crippen LogP contribution is 2.20. The van der Waals surface area contributed by atoms with Crippen LogP contribution in [0.1, 0.15) is 24.2 Å². The first-order valence-corrected chi connectivity index (χ1v) is 6.66. The summed E-state index contributed by atoms with van der Waals surface area (Å²) in [6, 6.07) is 4.93. The minimum atomic E-state index is -1.04. The van der Waals surface area contributed by atoms with Crippen LogP contribution < -0.4 is 5.73 Å². The van der Waals surface area contributed by atoms with Crippen LogP contribution in [-0.4, -0.2) is 35.0 Å². The van der Waals surface area contributed by atoms with Crippen LogP contribution in [0.4, 0.5) is 5.69 Å². The first-order valence-electron chi connectivity index (χ1n) is 5.87. The number of carbonyl (C=O) groups is 2. The topological polar surface area (TPSA) is 83.6 Å². The summed E-state index contributed by atoms with van der Waals surface area (Å²) in [4.78, 5) is 24.4. The SMILES string of the molecule is CC(C)CN(CC(=O)O)C(=O)c1ccc(Br)cc1N. The number of nitrogen functional groups attached to an aromatic ring is 1. The van der Waals surface area contributed by atoms with Gasteiger partial charge in [-0.05, 0) is 24.1 Å². The molecule has 19 heavy (non-hydrogen) atoms. The van der Waals surface area contributed by atoms with E-state index in [9.17, 15) is 9.59 Å². The maximum absolute atomic E-state index is 12.3. The second-order valence-corrected chi connectivity index (χ2v) is 5.62. The summed E-state index contributed by atoms with van der Waals surface area (Å²) in [6.07, 6.45) is 0. The average molecular weight is 329 g/mol. The van der Waals surface area contributed by atoms with Crippen LogP contribution in [0.15, 0.2) is 22.7 Å². The van der Waals surface area contributed by atoms with Crippen molar-refractivity contribution < 1.29 is 14.7 Å². The van der Waals surface area contributed by atoms with Gasteiger partial charge in [0.25, 0.3) is 5.91 Å². The third-order valence-corrected chi connectivity index (χ3v) is 2.94. The molecule has 3 N–H and O–H groups in total. The molecule has 1 aromatic rings. The molecule has 0 radical (unpaired) electrons. The molecule has 0 spiro atoms. The van der Waals surface area contributed by atoms with E-state index in [1.807, 2.05) is 13.8 Å². The fourth-order valence-electron chi connectivity index (χ4n) is 1.72. The second-order valence-electron chi connectivity index (χ2n) is 4.70. The van der Waals surface area contributed by atoms with Crippen molar-refractivity contribution >= 4 is 33.5 Å². The first kappa shape index (κ1) is 15.5. The molecule has 104 valence electrons. The molecule has 0 aliphatic carbocycles. The van der Waals surface area contributed by atoms with Gasteiger partial charge in [0, 0.05) is 16.7 Å². The molecular formula is C13H17BrN2O3. The Morgan fingerprint density at radius 3 is 2.53 bits per heavy atom. The largest absolute Gasteiger partial charge is 0.480 e. The van der Waals surface area contributed by atoms with Gasteiger partial charge in [-0.25, -0.2) is 0 Å². The Bertz CT molecular complexity index is 489. The van der Waals surface area contributed by atoms with E-state index in [0.29, 0.717) is 17.8 Å². The van der Waals surface area contributed by atoms with Gasteiger partial charge in [0.05, 0.1) is 5.56 Å². The van der Waals surface area contributed by atoms with Gasteiger partial charge in [-0.2, -0.15) is 0 Å². The molecule has 0 unspecified atom stereocenters. The fourth-order valence-corrected chi connectivity index (χ4v) is 2.10. The zero-order valence-electron chi connectivity index (χ0n) is 10.9. The summed E-state index contributed by atoms with van der Waals surface area (Å²) in [6.45, 7) is 3.90. The standard InChI is InChI=1S/C13H17BrN2O3/c1-8(2)6-16(7-12(17)18)13(19)10-4-3-9(14)5-11(10)15/h3-5,8H,6-7,15H2,1-2H3,(H,17,18). The number of carbonyl (C=O) groups excluding carboxylic acids is 1. The highest BCUT2D eigenvalue weighted by molar-refractivity contribution is 9.10. The van der Waals surface area contributed by atoms with E-state index >= 15 is 0 Å². The Labute approximate surface area is 120 Å². The minimum absolute atomic E-state index is 0.181. The molecule has 0 aromatic heterocycles. The van der Waals surface area contributed by atoms with Crippen LogP contribution >= 0.6 is 15.9 Å². The highest BCUT2D eigenvalue weighted by Gasteiger charge is 2.21. The van der Waals surface area contributed by atoms with Crippen LogP contribution in [0, 0.1) is 5.92 Å². The molecule has 0 heterocycles. The molecule has 6 heteroatoms. The van der Waals surface area contributed by atoms with Gasteiger partial charge in [0.1, 0.15) is 6.54 Å². The van der Waals surface area contributed by atoms with Crippen LogP contribution in [0.3, 0.4) is 0 Å². The van der Waals surface area contributed by atoms with Crippen molar-refractivity contribution in [2.24, 2.45) is 5.92 Å².